The molecule has 3 rings (SSSR count). The first kappa shape index (κ1) is 44.5. The van der Waals surface area contributed by atoms with Gasteiger partial charge in [-0.2, -0.15) is 11.8 Å². The van der Waals surface area contributed by atoms with E-state index in [1.54, 1.807) is 4.90 Å². The fourth-order valence-electron chi connectivity index (χ4n) is 7.94. The number of piperidine rings is 1. The maximum absolute atomic E-state index is 14.3. The molecule has 1 saturated carbocycles. The largest absolute Gasteiger partial charge is 0.391 e. The molecule has 0 bridgehead atoms. The summed E-state index contributed by atoms with van der Waals surface area (Å²) in [5.74, 6) is -0.981. The van der Waals surface area contributed by atoms with E-state index in [1.165, 1.54) is 42.8 Å². The van der Waals surface area contributed by atoms with Crippen molar-refractivity contribution in [1.29, 1.82) is 0 Å². The molecular formula is C39H68N6O7S. The lowest BCUT2D eigenvalue weighted by Gasteiger charge is -2.41. The number of amides is 6. The average Bonchev–Trinajstić information content (AvgIpc) is 3.63. The number of hydrogen-bond acceptors (Lipinski definition) is 8. The van der Waals surface area contributed by atoms with Crippen molar-refractivity contribution in [3.8, 4) is 0 Å². The van der Waals surface area contributed by atoms with Crippen molar-refractivity contribution in [2.24, 2.45) is 17.3 Å². The van der Waals surface area contributed by atoms with Crippen molar-refractivity contribution in [2.75, 3.05) is 31.6 Å². The fraction of sp³-hybridized carbons (Fsp3) is 0.846. The van der Waals surface area contributed by atoms with Gasteiger partial charge in [0.25, 0.3) is 0 Å². The number of carbonyl (C=O) groups is 6. The molecule has 0 spiro atoms. The lowest BCUT2D eigenvalue weighted by atomic mass is 9.79. The third-order valence-corrected chi connectivity index (χ3v) is 11.8. The number of nitrogens with one attached hydrogen (secondary N) is 4. The Morgan fingerprint density at radius 1 is 0.792 bits per heavy atom. The van der Waals surface area contributed by atoms with Crippen LogP contribution in [0.15, 0.2) is 0 Å². The molecule has 0 aromatic carbocycles. The molecular weight excluding hydrogens is 697 g/mol. The van der Waals surface area contributed by atoms with Gasteiger partial charge >= 0.3 is 0 Å². The highest BCUT2D eigenvalue weighted by molar-refractivity contribution is 7.98. The first-order chi connectivity index (χ1) is 25.1. The van der Waals surface area contributed by atoms with E-state index >= 15 is 0 Å². The minimum absolute atomic E-state index is 0.150. The number of likely N-dealkylation sites (tertiary alicyclic amines) is 2. The van der Waals surface area contributed by atoms with E-state index in [9.17, 15) is 33.9 Å². The van der Waals surface area contributed by atoms with Gasteiger partial charge in [-0.25, -0.2) is 0 Å². The fourth-order valence-corrected chi connectivity index (χ4v) is 8.41. The smallest absolute Gasteiger partial charge is 0.246 e. The summed E-state index contributed by atoms with van der Waals surface area (Å²) in [4.78, 5) is 85.1. The number of nitrogens with zero attached hydrogens (tertiary/aromatic N) is 2. The van der Waals surface area contributed by atoms with Gasteiger partial charge in [0.2, 0.25) is 35.4 Å². The summed E-state index contributed by atoms with van der Waals surface area (Å²) in [6.45, 7) is 12.3. The Bertz CT molecular complexity index is 1250. The van der Waals surface area contributed by atoms with Crippen LogP contribution in [0.3, 0.4) is 0 Å². The Morgan fingerprint density at radius 2 is 1.38 bits per heavy atom. The molecule has 1 aliphatic carbocycles. The number of aliphatic hydroxyl groups excluding tert-OH is 1. The van der Waals surface area contributed by atoms with E-state index in [-0.39, 0.29) is 17.7 Å². The van der Waals surface area contributed by atoms with Gasteiger partial charge in [0.15, 0.2) is 0 Å². The maximum Gasteiger partial charge on any atom is 0.246 e. The van der Waals surface area contributed by atoms with Crippen molar-refractivity contribution in [1.82, 2.24) is 31.1 Å². The van der Waals surface area contributed by atoms with E-state index in [0.29, 0.717) is 69.8 Å². The van der Waals surface area contributed by atoms with Crippen LogP contribution in [0, 0.1) is 17.3 Å². The van der Waals surface area contributed by atoms with Crippen LogP contribution in [0.1, 0.15) is 125 Å². The predicted molar refractivity (Wildman–Crippen MR) is 208 cm³/mol. The van der Waals surface area contributed by atoms with Crippen LogP contribution < -0.4 is 21.3 Å². The van der Waals surface area contributed by atoms with Crippen LogP contribution in [0.5, 0.6) is 0 Å². The van der Waals surface area contributed by atoms with Gasteiger partial charge in [0, 0.05) is 26.1 Å². The van der Waals surface area contributed by atoms with Crippen molar-refractivity contribution in [2.45, 2.75) is 161 Å². The highest BCUT2D eigenvalue weighted by atomic mass is 32.2. The highest BCUT2D eigenvalue weighted by Crippen LogP contribution is 2.32. The summed E-state index contributed by atoms with van der Waals surface area (Å²) in [5.41, 5.74) is -0.606. The SMILES string of the molecule is CCCNC(=O)[C@@H](NC(=O)[C@@H]1CCCN1C(=O)[C@H](CCSC)NC(=O)[C@@H]1CCCCN1C(=O)[C@@H](NC(=O)C[C@H](C)C1CCCCC1)C(C)(C)C)C(C)O. The molecule has 0 radical (unpaired) electrons. The molecule has 7 atom stereocenters. The molecule has 6 amide bonds. The molecule has 2 saturated heterocycles. The molecule has 13 nitrogen and oxygen atoms in total. The number of carbonyl (C=O) groups excluding carboxylic acids is 6. The Morgan fingerprint density at radius 3 is 1.98 bits per heavy atom. The molecule has 1 unspecified atom stereocenters. The van der Waals surface area contributed by atoms with Gasteiger partial charge in [-0.3, -0.25) is 28.8 Å². The molecule has 302 valence electrons. The van der Waals surface area contributed by atoms with E-state index in [1.807, 2.05) is 34.0 Å². The van der Waals surface area contributed by atoms with Crippen LogP contribution in [-0.2, 0) is 28.8 Å². The third kappa shape index (κ3) is 12.9. The third-order valence-electron chi connectivity index (χ3n) is 11.1. The summed E-state index contributed by atoms with van der Waals surface area (Å²) in [6, 6.07) is -4.59. The van der Waals surface area contributed by atoms with Gasteiger partial charge in [0.05, 0.1) is 6.10 Å². The number of thioether (sulfide) groups is 1. The first-order valence-corrected chi connectivity index (χ1v) is 21.5. The lowest BCUT2D eigenvalue weighted by Crippen LogP contribution is -2.62. The number of hydrogen-bond donors (Lipinski definition) is 5. The Kier molecular flexibility index (Phi) is 17.9. The zero-order valence-corrected chi connectivity index (χ0v) is 34.2. The van der Waals surface area contributed by atoms with E-state index in [0.717, 1.165) is 25.7 Å². The van der Waals surface area contributed by atoms with E-state index < -0.39 is 65.4 Å². The van der Waals surface area contributed by atoms with Gasteiger partial charge in [0.1, 0.15) is 30.2 Å². The van der Waals surface area contributed by atoms with Gasteiger partial charge < -0.3 is 36.2 Å². The normalized spacial score (nSPS) is 22.6. The molecule has 5 N–H and O–H groups in total. The van der Waals surface area contributed by atoms with Gasteiger partial charge in [-0.15, -0.1) is 0 Å². The molecule has 0 aromatic rings. The quantitative estimate of drug-likeness (QED) is 0.150. The number of rotatable bonds is 17. The summed E-state index contributed by atoms with van der Waals surface area (Å²) in [6.07, 6.45) is 10.9. The van der Waals surface area contributed by atoms with Crippen molar-refractivity contribution < 1.29 is 33.9 Å². The van der Waals surface area contributed by atoms with Gasteiger partial charge in [-0.1, -0.05) is 66.7 Å². The topological polar surface area (TPSA) is 177 Å². The van der Waals surface area contributed by atoms with Crippen molar-refractivity contribution >= 4 is 47.2 Å². The minimum Gasteiger partial charge on any atom is -0.391 e. The highest BCUT2D eigenvalue weighted by Gasteiger charge is 2.43. The second kappa shape index (κ2) is 21.3. The van der Waals surface area contributed by atoms with Crippen LogP contribution >= 0.6 is 11.8 Å². The molecule has 2 heterocycles. The van der Waals surface area contributed by atoms with Crippen LogP contribution in [0.25, 0.3) is 0 Å². The zero-order valence-electron chi connectivity index (χ0n) is 33.3. The molecule has 3 fully saturated rings. The number of aliphatic hydroxyl groups is 1. The summed E-state index contributed by atoms with van der Waals surface area (Å²) in [5, 5.41) is 21.6. The van der Waals surface area contributed by atoms with Crippen LogP contribution in [0.4, 0.5) is 0 Å². The average molecular weight is 765 g/mol. The minimum atomic E-state index is -1.17. The maximum atomic E-state index is 14.3. The molecule has 53 heavy (non-hydrogen) atoms. The standard InChI is InChI=1S/C39H68N6O7S/c1-8-20-40-36(50)32(26(3)46)43-35(49)30-18-14-22-44(30)37(51)28(19-23-53-7)41-34(48)29-17-12-13-21-45(29)38(52)33(39(4,5)6)42-31(47)24-25(2)27-15-10-9-11-16-27/h25-30,32-33,46H,8-24H2,1-7H3,(H,40,50)(H,41,48)(H,42,47)(H,43,49)/t25-,26?,28-,29-,30-,32-,33+/m0/s1. The zero-order chi connectivity index (χ0) is 39.3. The van der Waals surface area contributed by atoms with E-state index in [4.69, 9.17) is 0 Å². The summed E-state index contributed by atoms with van der Waals surface area (Å²) in [7, 11) is 0. The lowest BCUT2D eigenvalue weighted by molar-refractivity contribution is -0.149. The summed E-state index contributed by atoms with van der Waals surface area (Å²) < 4.78 is 0. The first-order valence-electron chi connectivity index (χ1n) is 20.1. The molecule has 0 aromatic heterocycles. The van der Waals surface area contributed by atoms with Crippen molar-refractivity contribution in [3.63, 3.8) is 0 Å². The second-order valence-corrected chi connectivity index (χ2v) is 17.5. The summed E-state index contributed by atoms with van der Waals surface area (Å²) >= 11 is 1.53. The molecule has 2 aliphatic heterocycles. The monoisotopic (exact) mass is 764 g/mol. The Balaban J connectivity index is 1.74. The van der Waals surface area contributed by atoms with Crippen LogP contribution in [0.2, 0.25) is 0 Å². The Labute approximate surface area is 321 Å². The molecule has 14 heteroatoms. The van der Waals surface area contributed by atoms with Gasteiger partial charge in [-0.05, 0) is 81.1 Å². The van der Waals surface area contributed by atoms with Crippen LogP contribution in [-0.4, -0.2) is 118 Å². The Hall–Kier alpha value is -2.87. The van der Waals surface area contributed by atoms with Crippen molar-refractivity contribution in [3.05, 3.63) is 0 Å². The second-order valence-electron chi connectivity index (χ2n) is 16.5. The van der Waals surface area contributed by atoms with E-state index in [2.05, 4.69) is 28.2 Å². The molecule has 3 aliphatic rings. The predicted octanol–water partition coefficient (Wildman–Crippen LogP) is 3.13.